The lowest BCUT2D eigenvalue weighted by molar-refractivity contribution is 0.406. The minimum Gasteiger partial charge on any atom is -0.496 e. The first-order valence-corrected chi connectivity index (χ1v) is 24.9. The molecule has 2 saturated carbocycles. The number of halogens is 2. The number of methoxy groups -OCH3 is 2. The largest absolute Gasteiger partial charge is 0.496 e. The predicted octanol–water partition coefficient (Wildman–Crippen LogP) is 14.4. The predicted molar refractivity (Wildman–Crippen MR) is 259 cm³/mol. The molecule has 7 rings (SSSR count). The van der Waals surface area contributed by atoms with Crippen molar-refractivity contribution in [2.24, 2.45) is 5.73 Å². The van der Waals surface area contributed by atoms with Gasteiger partial charge in [0.25, 0.3) is 0 Å². The maximum atomic E-state index is 6.29. The maximum Gasteiger partial charge on any atom is 0.127 e. The van der Waals surface area contributed by atoms with E-state index >= 15 is 0 Å². The fourth-order valence-corrected chi connectivity index (χ4v) is 13.9. The van der Waals surface area contributed by atoms with Crippen LogP contribution < -0.4 is 25.8 Å². The topological polar surface area (TPSA) is 56.5 Å². The van der Waals surface area contributed by atoms with E-state index < -0.39 is 0 Å². The van der Waals surface area contributed by atoms with Gasteiger partial charge >= 0.3 is 0 Å². The zero-order chi connectivity index (χ0) is 42.5. The van der Waals surface area contributed by atoms with Gasteiger partial charge in [-0.1, -0.05) is 154 Å². The molecule has 1 aliphatic heterocycles. The Labute approximate surface area is 369 Å². The SMILES string of the molecule is COc1ccc(OC)c(P(C2CCCCC2)C2CCCCC2)c1-c1c(C(C)C)cc(C(C)C)cc1C(C)C.ClC1NCCc2ccccc21.NCCc1ccccc1Cl. The number of rotatable bonds is 11. The van der Waals surface area contributed by atoms with Gasteiger partial charge in [0.15, 0.2) is 0 Å². The summed E-state index contributed by atoms with van der Waals surface area (Å²) >= 11 is 11.9. The van der Waals surface area contributed by atoms with Crippen LogP contribution in [0.3, 0.4) is 0 Å². The molecule has 4 aromatic rings. The van der Waals surface area contributed by atoms with Crippen LogP contribution in [0.4, 0.5) is 0 Å². The molecule has 3 N–H and O–H groups in total. The van der Waals surface area contributed by atoms with Crippen LogP contribution in [-0.2, 0) is 12.8 Å². The molecule has 0 radical (unpaired) electrons. The summed E-state index contributed by atoms with van der Waals surface area (Å²) in [5.41, 5.74) is 17.9. The van der Waals surface area contributed by atoms with Gasteiger partial charge < -0.3 is 15.2 Å². The summed E-state index contributed by atoms with van der Waals surface area (Å²) in [6, 6.07) is 25.5. The zero-order valence-corrected chi connectivity index (χ0v) is 39.8. The van der Waals surface area contributed by atoms with Gasteiger partial charge in [0.1, 0.15) is 17.0 Å². The number of alkyl halides is 1. The summed E-state index contributed by atoms with van der Waals surface area (Å²) in [6.07, 6.45) is 15.8. The first-order valence-electron chi connectivity index (χ1n) is 22.6. The quantitative estimate of drug-likeness (QED) is 0.0896. The highest BCUT2D eigenvalue weighted by Gasteiger charge is 2.38. The van der Waals surface area contributed by atoms with E-state index in [1.54, 1.807) is 0 Å². The molecule has 1 atom stereocenters. The summed E-state index contributed by atoms with van der Waals surface area (Å²) < 4.78 is 12.6. The summed E-state index contributed by atoms with van der Waals surface area (Å²) in [4.78, 5) is 0. The Morgan fingerprint density at radius 2 is 1.24 bits per heavy atom. The van der Waals surface area contributed by atoms with E-state index in [1.165, 1.54) is 108 Å². The molecule has 1 heterocycles. The summed E-state index contributed by atoms with van der Waals surface area (Å²) in [5, 5.41) is 5.53. The van der Waals surface area contributed by atoms with E-state index in [1.807, 2.05) is 44.6 Å². The van der Waals surface area contributed by atoms with E-state index in [9.17, 15) is 0 Å². The Morgan fingerprint density at radius 3 is 1.75 bits per heavy atom. The minimum absolute atomic E-state index is 0.0138. The van der Waals surface area contributed by atoms with Gasteiger partial charge in [0.2, 0.25) is 0 Å². The van der Waals surface area contributed by atoms with Crippen LogP contribution in [0.15, 0.2) is 72.8 Å². The molecule has 0 saturated heterocycles. The molecular weight excluding hydrogens is 786 g/mol. The fourth-order valence-electron chi connectivity index (χ4n) is 9.32. The molecule has 7 heteroatoms. The smallest absolute Gasteiger partial charge is 0.127 e. The van der Waals surface area contributed by atoms with E-state index in [0.29, 0.717) is 24.3 Å². The van der Waals surface area contributed by atoms with Gasteiger partial charge in [-0.15, -0.1) is 11.6 Å². The molecule has 2 fully saturated rings. The van der Waals surface area contributed by atoms with Gasteiger partial charge in [-0.3, -0.25) is 5.32 Å². The van der Waals surface area contributed by atoms with Gasteiger partial charge in [-0.25, -0.2) is 0 Å². The molecule has 59 heavy (non-hydrogen) atoms. The Bertz CT molecular complexity index is 1850. The van der Waals surface area contributed by atoms with Gasteiger partial charge in [0.05, 0.1) is 14.2 Å². The third kappa shape index (κ3) is 12.3. The second-order valence-electron chi connectivity index (χ2n) is 17.6. The molecule has 0 amide bonds. The lowest BCUT2D eigenvalue weighted by atomic mass is 9.81. The lowest BCUT2D eigenvalue weighted by Gasteiger charge is -2.41. The molecule has 4 aromatic carbocycles. The highest BCUT2D eigenvalue weighted by atomic mass is 35.5. The molecule has 1 unspecified atom stereocenters. The van der Waals surface area contributed by atoms with E-state index in [2.05, 4.69) is 89.3 Å². The van der Waals surface area contributed by atoms with Crippen LogP contribution in [-0.4, -0.2) is 38.6 Å². The summed E-state index contributed by atoms with van der Waals surface area (Å²) in [5.74, 6) is 3.50. The standard InChI is InChI=1S/C35H53O2P.C9H10ClN.C8H10ClN/c1-23(2)26-21-29(24(3)4)33(30(22-26)25(5)6)34-31(36-7)19-20-32(37-8)35(34)38(27-15-11-9-12-16-27)28-17-13-10-14-18-28;10-9-8-4-2-1-3-7(8)5-6-11-9;9-8-4-2-1-3-7(8)5-6-10/h19-25,27-28H,9-18H2,1-8H3;1-4,9,11H,5-6H2;1-4H,5-6,10H2. The Kier molecular flexibility index (Phi) is 19.0. The number of fused-ring (bicyclic) bond motifs is 1. The molecule has 322 valence electrons. The lowest BCUT2D eigenvalue weighted by Crippen LogP contribution is -2.28. The van der Waals surface area contributed by atoms with Crippen molar-refractivity contribution < 1.29 is 9.47 Å². The number of nitrogens with two attached hydrogens (primary N) is 1. The highest BCUT2D eigenvalue weighted by molar-refractivity contribution is 7.67. The number of hydrogen-bond acceptors (Lipinski definition) is 4. The molecule has 3 aliphatic rings. The molecule has 0 bridgehead atoms. The van der Waals surface area contributed by atoms with Crippen LogP contribution in [0.5, 0.6) is 11.5 Å². The fraction of sp³-hybridized carbons (Fsp3) is 0.538. The second-order valence-corrected chi connectivity index (χ2v) is 21.2. The molecule has 0 aromatic heterocycles. The average molecular weight is 860 g/mol. The normalized spacial score (nSPS) is 17.3. The van der Waals surface area contributed by atoms with E-state index in [4.69, 9.17) is 38.4 Å². The number of benzene rings is 4. The number of ether oxygens (including phenoxy) is 2. The molecule has 2 aliphatic carbocycles. The van der Waals surface area contributed by atoms with Crippen molar-refractivity contribution in [3.63, 3.8) is 0 Å². The van der Waals surface area contributed by atoms with Gasteiger partial charge in [-0.2, -0.15) is 0 Å². The van der Waals surface area contributed by atoms with Crippen molar-refractivity contribution >= 4 is 36.4 Å². The molecule has 4 nitrogen and oxygen atoms in total. The number of hydrogen-bond donors (Lipinski definition) is 2. The van der Waals surface area contributed by atoms with E-state index in [-0.39, 0.29) is 13.4 Å². The molecule has 0 spiro atoms. The summed E-state index contributed by atoms with van der Waals surface area (Å²) in [7, 11) is 3.38. The van der Waals surface area contributed by atoms with Crippen molar-refractivity contribution in [1.29, 1.82) is 0 Å². The van der Waals surface area contributed by atoms with Crippen molar-refractivity contribution in [1.82, 2.24) is 5.32 Å². The van der Waals surface area contributed by atoms with Crippen molar-refractivity contribution in [2.75, 3.05) is 27.3 Å². The first-order chi connectivity index (χ1) is 28.5. The average Bonchev–Trinajstić information content (AvgIpc) is 3.25. The number of nitrogens with one attached hydrogen (secondary N) is 1. The van der Waals surface area contributed by atoms with Crippen molar-refractivity contribution in [2.45, 2.75) is 153 Å². The third-order valence-corrected chi connectivity index (χ3v) is 16.9. The van der Waals surface area contributed by atoms with Crippen LogP contribution in [0.1, 0.15) is 162 Å². The monoisotopic (exact) mass is 858 g/mol. The van der Waals surface area contributed by atoms with Crippen LogP contribution >= 0.6 is 31.1 Å². The Balaban J connectivity index is 0.000000253. The minimum atomic E-state index is -0.373. The zero-order valence-electron chi connectivity index (χ0n) is 37.4. The highest BCUT2D eigenvalue weighted by Crippen LogP contribution is 2.59. The molecular formula is C52H73Cl2N2O2P. The first kappa shape index (κ1) is 47.5. The van der Waals surface area contributed by atoms with Crippen LogP contribution in [0.2, 0.25) is 5.02 Å². The second kappa shape index (κ2) is 23.6. The van der Waals surface area contributed by atoms with E-state index in [0.717, 1.165) is 52.8 Å². The van der Waals surface area contributed by atoms with Gasteiger partial charge in [0, 0.05) is 22.4 Å². The van der Waals surface area contributed by atoms with Crippen LogP contribution in [0, 0.1) is 0 Å². The summed E-state index contributed by atoms with van der Waals surface area (Å²) in [6.45, 7) is 15.8. The maximum absolute atomic E-state index is 6.29. The van der Waals surface area contributed by atoms with Crippen molar-refractivity contribution in [3.05, 3.63) is 111 Å². The Hall–Kier alpha value is -2.59. The third-order valence-electron chi connectivity index (χ3n) is 12.5. The van der Waals surface area contributed by atoms with Crippen LogP contribution in [0.25, 0.3) is 11.1 Å². The Morgan fingerprint density at radius 1 is 0.695 bits per heavy atom. The van der Waals surface area contributed by atoms with Crippen molar-refractivity contribution in [3.8, 4) is 22.6 Å². The van der Waals surface area contributed by atoms with Gasteiger partial charge in [-0.05, 0) is 131 Å².